The predicted molar refractivity (Wildman–Crippen MR) is 120 cm³/mol. The topological polar surface area (TPSA) is 127 Å². The number of aryl methyl sites for hydroxylation is 2. The molecule has 0 radical (unpaired) electrons. The van der Waals surface area contributed by atoms with Gasteiger partial charge in [0.05, 0.1) is 27.8 Å². The Morgan fingerprint density at radius 1 is 1.09 bits per heavy atom. The second kappa shape index (κ2) is 10.2. The van der Waals surface area contributed by atoms with Crippen LogP contribution in [0.3, 0.4) is 0 Å². The predicted octanol–water partition coefficient (Wildman–Crippen LogP) is 1.54. The molecule has 0 amide bonds. The minimum Gasteiger partial charge on any atom is -0.493 e. The molecule has 0 saturated carbocycles. The highest BCUT2D eigenvalue weighted by Gasteiger charge is 2.19. The fourth-order valence-electron chi connectivity index (χ4n) is 3.54. The van der Waals surface area contributed by atoms with Gasteiger partial charge in [-0.05, 0) is 24.1 Å². The van der Waals surface area contributed by atoms with Gasteiger partial charge in [0, 0.05) is 13.6 Å². The highest BCUT2D eigenvalue weighted by Crippen LogP contribution is 2.38. The molecule has 0 saturated heterocycles. The fraction of sp³-hybridized carbons (Fsp3) is 0.455. The lowest BCUT2D eigenvalue weighted by Crippen LogP contribution is -2.31. The molecule has 1 aromatic carbocycles. The first-order valence-electron chi connectivity index (χ1n) is 10.5. The maximum atomic E-state index is 12.5. The molecule has 1 N–H and O–H groups in total. The summed E-state index contributed by atoms with van der Waals surface area (Å²) in [6.07, 6.45) is 1.60. The smallest absolute Gasteiger partial charge is 0.330 e. The third kappa shape index (κ3) is 4.86. The number of unbranched alkanes of at least 4 members (excludes halogenated alkanes) is 1. The number of hydrogen-bond acceptors (Lipinski definition) is 8. The van der Waals surface area contributed by atoms with E-state index in [4.69, 9.17) is 18.9 Å². The molecule has 0 unspecified atom stereocenters. The van der Waals surface area contributed by atoms with Crippen molar-refractivity contribution in [1.29, 1.82) is 0 Å². The van der Waals surface area contributed by atoms with Crippen molar-refractivity contribution in [2.45, 2.75) is 39.3 Å². The quantitative estimate of drug-likeness (QED) is 0.452. The van der Waals surface area contributed by atoms with Crippen LogP contribution in [0.2, 0.25) is 0 Å². The van der Waals surface area contributed by atoms with Crippen molar-refractivity contribution in [2.75, 3.05) is 21.3 Å². The van der Waals surface area contributed by atoms with Crippen LogP contribution in [0.1, 0.15) is 31.2 Å². The zero-order chi connectivity index (χ0) is 24.1. The number of nitrogens with zero attached hydrogens (tertiary/aromatic N) is 3. The Morgan fingerprint density at radius 3 is 2.33 bits per heavy atom. The van der Waals surface area contributed by atoms with E-state index in [1.807, 2.05) is 6.92 Å². The maximum Gasteiger partial charge on any atom is 0.330 e. The zero-order valence-electron chi connectivity index (χ0n) is 19.4. The largest absolute Gasteiger partial charge is 0.493 e. The summed E-state index contributed by atoms with van der Waals surface area (Å²) in [5, 5.41) is 0. The summed E-state index contributed by atoms with van der Waals surface area (Å²) in [6.45, 7) is 2.28. The monoisotopic (exact) mass is 460 g/mol. The molecule has 3 aromatic rings. The lowest BCUT2D eigenvalue weighted by molar-refractivity contribution is -0.144. The van der Waals surface area contributed by atoms with Crippen molar-refractivity contribution >= 4 is 17.1 Å². The second-order valence-corrected chi connectivity index (χ2v) is 7.39. The van der Waals surface area contributed by atoms with Gasteiger partial charge in [0.25, 0.3) is 5.56 Å². The normalized spacial score (nSPS) is 10.9. The number of aromatic nitrogens is 4. The molecular weight excluding hydrogens is 432 g/mol. The van der Waals surface area contributed by atoms with Gasteiger partial charge < -0.3 is 23.5 Å². The molecule has 0 aliphatic carbocycles. The highest BCUT2D eigenvalue weighted by molar-refractivity contribution is 5.74. The Morgan fingerprint density at radius 2 is 1.76 bits per heavy atom. The standard InChI is InChI=1S/C22H28N4O7/c1-6-7-8-26-20-18(21(28)24-22(26)29)25(2)16(23-20)12-33-17(27)11-13-9-14(30-3)19(32-5)15(10-13)31-4/h9-10H,6-8,11-12H2,1-5H3,(H,24,28,29). The van der Waals surface area contributed by atoms with Crippen LogP contribution in [0.15, 0.2) is 21.7 Å². The highest BCUT2D eigenvalue weighted by atomic mass is 16.5. The molecule has 3 rings (SSSR count). The molecule has 11 heteroatoms. The number of methoxy groups -OCH3 is 3. The minimum absolute atomic E-state index is 0.0392. The number of ether oxygens (including phenoxy) is 4. The first-order chi connectivity index (χ1) is 15.8. The van der Waals surface area contributed by atoms with E-state index in [1.165, 1.54) is 30.5 Å². The average molecular weight is 460 g/mol. The summed E-state index contributed by atoms with van der Waals surface area (Å²) >= 11 is 0. The van der Waals surface area contributed by atoms with Gasteiger partial charge in [-0.2, -0.15) is 0 Å². The SMILES string of the molecule is CCCCn1c(=O)[nH]c(=O)c2c1nc(COC(=O)Cc1cc(OC)c(OC)c(OC)c1)n2C. The van der Waals surface area contributed by atoms with E-state index in [0.29, 0.717) is 35.2 Å². The Bertz CT molecular complexity index is 1250. The number of esters is 1. The van der Waals surface area contributed by atoms with Crippen molar-refractivity contribution in [3.63, 3.8) is 0 Å². The zero-order valence-corrected chi connectivity index (χ0v) is 19.4. The summed E-state index contributed by atoms with van der Waals surface area (Å²) in [5.74, 6) is 1.13. The molecule has 33 heavy (non-hydrogen) atoms. The Balaban J connectivity index is 1.81. The van der Waals surface area contributed by atoms with E-state index in [9.17, 15) is 14.4 Å². The molecule has 0 aliphatic rings. The van der Waals surface area contributed by atoms with Gasteiger partial charge in [-0.1, -0.05) is 13.3 Å². The minimum atomic E-state index is -0.534. The second-order valence-electron chi connectivity index (χ2n) is 7.39. The number of benzene rings is 1. The first-order valence-corrected chi connectivity index (χ1v) is 10.5. The number of fused-ring (bicyclic) bond motifs is 1. The lowest BCUT2D eigenvalue weighted by atomic mass is 10.1. The van der Waals surface area contributed by atoms with Crippen LogP contribution in [0.5, 0.6) is 17.2 Å². The molecule has 2 aromatic heterocycles. The van der Waals surface area contributed by atoms with E-state index in [0.717, 1.165) is 12.8 Å². The number of H-pyrrole nitrogens is 1. The number of rotatable bonds is 10. The van der Waals surface area contributed by atoms with Crippen LogP contribution in [-0.2, 0) is 36.2 Å². The summed E-state index contributed by atoms with van der Waals surface area (Å²) < 4.78 is 24.3. The molecule has 0 spiro atoms. The first kappa shape index (κ1) is 23.9. The van der Waals surface area contributed by atoms with Crippen LogP contribution in [0, 0.1) is 0 Å². The molecule has 2 heterocycles. The number of hydrogen-bond donors (Lipinski definition) is 1. The van der Waals surface area contributed by atoms with Crippen LogP contribution < -0.4 is 25.5 Å². The van der Waals surface area contributed by atoms with Crippen LogP contribution in [0.4, 0.5) is 0 Å². The van der Waals surface area contributed by atoms with Gasteiger partial charge in [-0.25, -0.2) is 9.78 Å². The van der Waals surface area contributed by atoms with Gasteiger partial charge >= 0.3 is 11.7 Å². The van der Waals surface area contributed by atoms with Gasteiger partial charge in [0.15, 0.2) is 22.7 Å². The lowest BCUT2D eigenvalue weighted by Gasteiger charge is -2.14. The van der Waals surface area contributed by atoms with E-state index < -0.39 is 17.2 Å². The molecular formula is C22H28N4O7. The van der Waals surface area contributed by atoms with E-state index >= 15 is 0 Å². The van der Waals surface area contributed by atoms with Crippen molar-refractivity contribution in [3.05, 3.63) is 44.4 Å². The van der Waals surface area contributed by atoms with Crippen molar-refractivity contribution < 1.29 is 23.7 Å². The maximum absolute atomic E-state index is 12.5. The van der Waals surface area contributed by atoms with E-state index in [1.54, 1.807) is 19.2 Å². The third-order valence-corrected chi connectivity index (χ3v) is 5.28. The molecule has 0 bridgehead atoms. The van der Waals surface area contributed by atoms with Gasteiger partial charge in [0.1, 0.15) is 12.4 Å². The van der Waals surface area contributed by atoms with Crippen LogP contribution >= 0.6 is 0 Å². The number of carbonyl (C=O) groups excluding carboxylic acids is 1. The summed E-state index contributed by atoms with van der Waals surface area (Å²) in [7, 11) is 6.12. The average Bonchev–Trinajstić information content (AvgIpc) is 3.13. The number of carbonyl (C=O) groups is 1. The Hall–Kier alpha value is -3.76. The Labute approximate surface area is 189 Å². The van der Waals surface area contributed by atoms with Crippen molar-refractivity contribution in [1.82, 2.24) is 19.1 Å². The van der Waals surface area contributed by atoms with Crippen LogP contribution in [0.25, 0.3) is 11.2 Å². The molecule has 178 valence electrons. The van der Waals surface area contributed by atoms with Gasteiger partial charge in [-0.3, -0.25) is 19.1 Å². The Kier molecular flexibility index (Phi) is 7.41. The molecule has 0 aliphatic heterocycles. The summed E-state index contributed by atoms with van der Waals surface area (Å²) in [6, 6.07) is 3.34. The molecule has 0 fully saturated rings. The number of nitrogens with one attached hydrogen (secondary N) is 1. The van der Waals surface area contributed by atoms with Gasteiger partial charge in [-0.15, -0.1) is 0 Å². The fourth-order valence-corrected chi connectivity index (χ4v) is 3.54. The van der Waals surface area contributed by atoms with Crippen molar-refractivity contribution in [3.8, 4) is 17.2 Å². The number of imidazole rings is 1. The van der Waals surface area contributed by atoms with E-state index in [-0.39, 0.29) is 24.2 Å². The number of aromatic amines is 1. The summed E-state index contributed by atoms with van der Waals surface area (Å²) in [5.41, 5.74) is 0.0962. The molecule has 0 atom stereocenters. The summed E-state index contributed by atoms with van der Waals surface area (Å²) in [4.78, 5) is 43.8. The van der Waals surface area contributed by atoms with Crippen molar-refractivity contribution in [2.24, 2.45) is 7.05 Å². The third-order valence-electron chi connectivity index (χ3n) is 5.28. The van der Waals surface area contributed by atoms with E-state index in [2.05, 4.69) is 9.97 Å². The van der Waals surface area contributed by atoms with Crippen LogP contribution in [-0.4, -0.2) is 46.4 Å². The molecule has 11 nitrogen and oxygen atoms in total. The van der Waals surface area contributed by atoms with Gasteiger partial charge in [0.2, 0.25) is 5.75 Å².